The minimum absolute atomic E-state index is 0.110. The number of rotatable bonds is 4. The Bertz CT molecular complexity index is 1040. The standard InChI is InChI=1S/C19H20F2N6O2S/c1-27-17(16-3-2-13(22)12(21)8-29-16)14(7-24-27)25-18(28)15-9-30-19(26-15)10-4-11(20)6-23-5-10/h4-7,9,12-13,16H,2-3,8,22H2,1H3,(H,25,28)/t12-,13-,16+/m1/s1. The SMILES string of the molecule is Cn1ncc(NC(=O)c2csc(-c3cncc(F)c3)n2)c1[C@@H]1CC[C@@H](N)[C@H](F)CO1. The predicted octanol–water partition coefficient (Wildman–Crippen LogP) is 2.85. The molecule has 30 heavy (non-hydrogen) atoms. The molecule has 1 fully saturated rings. The normalized spacial score (nSPS) is 21.9. The maximum absolute atomic E-state index is 13.9. The Morgan fingerprint density at radius 3 is 3.00 bits per heavy atom. The number of aryl methyl sites for hydroxylation is 1. The lowest BCUT2D eigenvalue weighted by Crippen LogP contribution is -2.32. The molecule has 4 heterocycles. The van der Waals surface area contributed by atoms with E-state index in [1.54, 1.807) is 17.1 Å². The molecule has 3 aromatic rings. The lowest BCUT2D eigenvalue weighted by atomic mass is 10.0. The van der Waals surface area contributed by atoms with E-state index in [1.807, 2.05) is 0 Å². The van der Waals surface area contributed by atoms with E-state index in [0.29, 0.717) is 34.8 Å². The Labute approximate surface area is 175 Å². The molecule has 0 saturated carbocycles. The minimum atomic E-state index is -1.23. The van der Waals surface area contributed by atoms with Crippen LogP contribution in [-0.2, 0) is 11.8 Å². The van der Waals surface area contributed by atoms with Crippen LogP contribution in [0.5, 0.6) is 0 Å². The Morgan fingerprint density at radius 1 is 1.37 bits per heavy atom. The van der Waals surface area contributed by atoms with Crippen molar-refractivity contribution in [3.8, 4) is 10.6 Å². The summed E-state index contributed by atoms with van der Waals surface area (Å²) in [5, 5.41) is 9.05. The number of carbonyl (C=O) groups is 1. The first-order valence-corrected chi connectivity index (χ1v) is 10.2. The largest absolute Gasteiger partial charge is 0.369 e. The van der Waals surface area contributed by atoms with Crippen molar-refractivity contribution in [1.29, 1.82) is 0 Å². The topological polar surface area (TPSA) is 108 Å². The van der Waals surface area contributed by atoms with Crippen LogP contribution in [0, 0.1) is 5.82 Å². The third-order valence-corrected chi connectivity index (χ3v) is 5.80. The van der Waals surface area contributed by atoms with Crippen molar-refractivity contribution in [2.45, 2.75) is 31.2 Å². The van der Waals surface area contributed by atoms with Gasteiger partial charge in [-0.1, -0.05) is 0 Å². The summed E-state index contributed by atoms with van der Waals surface area (Å²) in [6, 6.07) is 0.728. The summed E-state index contributed by atoms with van der Waals surface area (Å²) in [6.07, 6.45) is 3.39. The smallest absolute Gasteiger partial charge is 0.275 e. The lowest BCUT2D eigenvalue weighted by Gasteiger charge is -2.17. The molecular formula is C19H20F2N6O2S. The number of aromatic nitrogens is 4. The van der Waals surface area contributed by atoms with Crippen molar-refractivity contribution >= 4 is 22.9 Å². The first kappa shape index (κ1) is 20.5. The van der Waals surface area contributed by atoms with Crippen LogP contribution in [0.3, 0.4) is 0 Å². The Kier molecular flexibility index (Phi) is 5.84. The number of thiazole rings is 1. The molecular weight excluding hydrogens is 414 g/mol. The molecule has 1 aliphatic heterocycles. The third-order valence-electron chi connectivity index (χ3n) is 4.91. The van der Waals surface area contributed by atoms with E-state index < -0.39 is 30.0 Å². The van der Waals surface area contributed by atoms with Gasteiger partial charge in [-0.05, 0) is 18.9 Å². The molecule has 1 saturated heterocycles. The fraction of sp³-hybridized carbons (Fsp3) is 0.368. The number of ether oxygens (including phenoxy) is 1. The van der Waals surface area contributed by atoms with E-state index in [1.165, 1.54) is 29.8 Å². The molecule has 3 N–H and O–H groups in total. The number of anilines is 1. The van der Waals surface area contributed by atoms with Crippen molar-refractivity contribution < 1.29 is 18.3 Å². The maximum Gasteiger partial charge on any atom is 0.275 e. The summed E-state index contributed by atoms with van der Waals surface area (Å²) < 4.78 is 34.5. The molecule has 4 rings (SSSR count). The average Bonchev–Trinajstić information content (AvgIpc) is 3.32. The van der Waals surface area contributed by atoms with E-state index in [0.717, 1.165) is 6.20 Å². The Hall–Kier alpha value is -2.76. The van der Waals surface area contributed by atoms with Gasteiger partial charge in [-0.15, -0.1) is 11.3 Å². The van der Waals surface area contributed by atoms with Gasteiger partial charge >= 0.3 is 0 Å². The predicted molar refractivity (Wildman–Crippen MR) is 107 cm³/mol. The molecule has 0 aromatic carbocycles. The highest BCUT2D eigenvalue weighted by molar-refractivity contribution is 7.13. The highest BCUT2D eigenvalue weighted by Crippen LogP contribution is 2.32. The van der Waals surface area contributed by atoms with Crippen LogP contribution in [0.25, 0.3) is 10.6 Å². The molecule has 158 valence electrons. The van der Waals surface area contributed by atoms with Crippen molar-refractivity contribution in [2.24, 2.45) is 12.8 Å². The van der Waals surface area contributed by atoms with Gasteiger partial charge in [0.05, 0.1) is 30.4 Å². The number of amides is 1. The van der Waals surface area contributed by atoms with Gasteiger partial charge < -0.3 is 15.8 Å². The summed E-state index contributed by atoms with van der Waals surface area (Å²) in [7, 11) is 1.73. The van der Waals surface area contributed by atoms with E-state index in [2.05, 4.69) is 20.4 Å². The molecule has 0 aliphatic carbocycles. The van der Waals surface area contributed by atoms with Crippen molar-refractivity contribution in [2.75, 3.05) is 11.9 Å². The van der Waals surface area contributed by atoms with Gasteiger partial charge in [-0.2, -0.15) is 5.10 Å². The van der Waals surface area contributed by atoms with E-state index in [-0.39, 0.29) is 12.3 Å². The van der Waals surface area contributed by atoms with Gasteiger partial charge in [0.15, 0.2) is 0 Å². The zero-order valence-corrected chi connectivity index (χ0v) is 16.9. The van der Waals surface area contributed by atoms with Crippen molar-refractivity contribution in [1.82, 2.24) is 19.7 Å². The number of nitrogens with two attached hydrogens (primary N) is 1. The number of carbonyl (C=O) groups excluding carboxylic acids is 1. The molecule has 0 unspecified atom stereocenters. The highest BCUT2D eigenvalue weighted by Gasteiger charge is 2.30. The molecule has 3 aromatic heterocycles. The third kappa shape index (κ3) is 4.23. The number of hydrogen-bond donors (Lipinski definition) is 2. The molecule has 1 amide bonds. The summed E-state index contributed by atoms with van der Waals surface area (Å²) in [4.78, 5) is 20.8. The van der Waals surface area contributed by atoms with Crippen LogP contribution in [-0.4, -0.2) is 44.5 Å². The van der Waals surface area contributed by atoms with Crippen LogP contribution in [0.1, 0.15) is 35.1 Å². The van der Waals surface area contributed by atoms with Gasteiger partial charge in [0, 0.05) is 30.2 Å². The molecule has 8 nitrogen and oxygen atoms in total. The second-order valence-electron chi connectivity index (χ2n) is 7.03. The summed E-state index contributed by atoms with van der Waals surface area (Å²) in [5.41, 5.74) is 7.57. The summed E-state index contributed by atoms with van der Waals surface area (Å²) in [6.45, 7) is -0.110. The van der Waals surface area contributed by atoms with Crippen LogP contribution in [0.4, 0.5) is 14.5 Å². The molecule has 11 heteroatoms. The van der Waals surface area contributed by atoms with Gasteiger partial charge in [0.2, 0.25) is 0 Å². The lowest BCUT2D eigenvalue weighted by molar-refractivity contribution is 0.0247. The number of halogens is 2. The Morgan fingerprint density at radius 2 is 2.20 bits per heavy atom. The monoisotopic (exact) mass is 434 g/mol. The molecule has 3 atom stereocenters. The van der Waals surface area contributed by atoms with Crippen LogP contribution >= 0.6 is 11.3 Å². The second-order valence-corrected chi connectivity index (χ2v) is 7.89. The zero-order chi connectivity index (χ0) is 21.3. The van der Waals surface area contributed by atoms with E-state index in [4.69, 9.17) is 10.5 Å². The molecule has 0 radical (unpaired) electrons. The van der Waals surface area contributed by atoms with Crippen LogP contribution in [0.15, 0.2) is 30.0 Å². The van der Waals surface area contributed by atoms with Crippen molar-refractivity contribution in [3.63, 3.8) is 0 Å². The molecule has 1 aliphatic rings. The van der Waals surface area contributed by atoms with Crippen LogP contribution in [0.2, 0.25) is 0 Å². The number of pyridine rings is 1. The number of nitrogens with one attached hydrogen (secondary N) is 1. The van der Waals surface area contributed by atoms with E-state index in [9.17, 15) is 13.6 Å². The van der Waals surface area contributed by atoms with Crippen LogP contribution < -0.4 is 11.1 Å². The summed E-state index contributed by atoms with van der Waals surface area (Å²) in [5.74, 6) is -0.919. The highest BCUT2D eigenvalue weighted by atomic mass is 32.1. The average molecular weight is 434 g/mol. The fourth-order valence-electron chi connectivity index (χ4n) is 3.31. The number of alkyl halides is 1. The van der Waals surface area contributed by atoms with E-state index >= 15 is 0 Å². The van der Waals surface area contributed by atoms with Gasteiger partial charge in [-0.3, -0.25) is 14.5 Å². The van der Waals surface area contributed by atoms with Crippen molar-refractivity contribution in [3.05, 3.63) is 47.2 Å². The van der Waals surface area contributed by atoms with Gasteiger partial charge in [-0.25, -0.2) is 13.8 Å². The van der Waals surface area contributed by atoms with Gasteiger partial charge in [0.25, 0.3) is 5.91 Å². The maximum atomic E-state index is 13.9. The molecule has 0 spiro atoms. The number of hydrogen-bond acceptors (Lipinski definition) is 7. The Balaban J connectivity index is 1.52. The number of nitrogens with zero attached hydrogens (tertiary/aromatic N) is 4. The quantitative estimate of drug-likeness (QED) is 0.654. The zero-order valence-electron chi connectivity index (χ0n) is 16.1. The first-order valence-electron chi connectivity index (χ1n) is 9.33. The molecule has 0 bridgehead atoms. The summed E-state index contributed by atoms with van der Waals surface area (Å²) >= 11 is 1.21. The first-order chi connectivity index (χ1) is 14.4. The second kappa shape index (κ2) is 8.54. The minimum Gasteiger partial charge on any atom is -0.369 e. The van der Waals surface area contributed by atoms with Gasteiger partial charge in [0.1, 0.15) is 28.8 Å². The fourth-order valence-corrected chi connectivity index (χ4v) is 4.09.